The maximum Gasteiger partial charge on any atom is 0.416 e. The fourth-order valence-corrected chi connectivity index (χ4v) is 4.94. The first-order valence-electron chi connectivity index (χ1n) is 11.6. The first kappa shape index (κ1) is 23.3. The van der Waals surface area contributed by atoms with Crippen molar-refractivity contribution in [3.8, 4) is 17.4 Å². The summed E-state index contributed by atoms with van der Waals surface area (Å²) < 4.78 is 11.5. The lowest BCUT2D eigenvalue weighted by molar-refractivity contribution is 0.135. The van der Waals surface area contributed by atoms with Crippen molar-refractivity contribution in [2.45, 2.75) is 12.5 Å². The zero-order valence-corrected chi connectivity index (χ0v) is 20.9. The van der Waals surface area contributed by atoms with Crippen LogP contribution in [0.15, 0.2) is 85.3 Å². The third-order valence-electron chi connectivity index (χ3n) is 6.30. The molecule has 3 aromatic carbocycles. The number of nitrogens with zero attached hydrogens (tertiary/aromatic N) is 3. The number of hydrogen-bond donors (Lipinski definition) is 1. The molecule has 0 aliphatic carbocycles. The van der Waals surface area contributed by atoms with Gasteiger partial charge in [-0.2, -0.15) is 0 Å². The molecule has 1 aliphatic heterocycles. The summed E-state index contributed by atoms with van der Waals surface area (Å²) in [6.45, 7) is 0.474. The number of aromatic nitrogens is 3. The molecule has 2 aromatic heterocycles. The molecule has 0 bridgehead atoms. The number of nitrogens with one attached hydrogen (secondary N) is 1. The molecule has 37 heavy (non-hydrogen) atoms. The number of fused-ring (bicyclic) bond motifs is 3. The Hall–Kier alpha value is -4.07. The highest BCUT2D eigenvalue weighted by molar-refractivity contribution is 6.31. The minimum absolute atomic E-state index is 0.399. The van der Waals surface area contributed by atoms with Crippen LogP contribution in [0.2, 0.25) is 10.0 Å². The lowest BCUT2D eigenvalue weighted by Gasteiger charge is -2.35. The topological polar surface area (TPSA) is 80.3 Å². The first-order chi connectivity index (χ1) is 18.0. The molecule has 0 unspecified atom stereocenters. The Bertz CT molecular complexity index is 1570. The van der Waals surface area contributed by atoms with Crippen molar-refractivity contribution < 1.29 is 14.3 Å². The molecule has 0 spiro atoms. The third kappa shape index (κ3) is 4.71. The molecule has 5 aromatic rings. The molecule has 7 nitrogen and oxygen atoms in total. The average Bonchev–Trinajstić information content (AvgIpc) is 3.28. The molecular formula is C28H20Cl2N4O3. The summed E-state index contributed by atoms with van der Waals surface area (Å²) in [5.41, 5.74) is 3.94. The van der Waals surface area contributed by atoms with Crippen LogP contribution in [0.25, 0.3) is 10.9 Å². The normalized spacial score (nSPS) is 14.9. The van der Waals surface area contributed by atoms with Gasteiger partial charge < -0.3 is 14.5 Å². The van der Waals surface area contributed by atoms with Gasteiger partial charge in [0.05, 0.1) is 6.20 Å². The average molecular weight is 531 g/mol. The first-order valence-corrected chi connectivity index (χ1v) is 12.4. The number of carbonyl (C=O) groups excluding carboxylic acids is 1. The van der Waals surface area contributed by atoms with Gasteiger partial charge in [-0.05, 0) is 72.1 Å². The predicted molar refractivity (Wildman–Crippen MR) is 142 cm³/mol. The Kier molecular flexibility index (Phi) is 6.16. The van der Waals surface area contributed by atoms with Gasteiger partial charge in [-0.3, -0.25) is 9.88 Å². The van der Waals surface area contributed by atoms with Crippen LogP contribution in [0, 0.1) is 0 Å². The van der Waals surface area contributed by atoms with Gasteiger partial charge in [-0.25, -0.2) is 9.78 Å². The Labute approximate surface area is 222 Å². The van der Waals surface area contributed by atoms with E-state index in [1.54, 1.807) is 47.8 Å². The largest absolute Gasteiger partial charge is 0.438 e. The van der Waals surface area contributed by atoms with Gasteiger partial charge in [-0.1, -0.05) is 35.3 Å². The predicted octanol–water partition coefficient (Wildman–Crippen LogP) is 7.20. The van der Waals surface area contributed by atoms with Gasteiger partial charge in [-0.15, -0.1) is 0 Å². The Morgan fingerprint density at radius 2 is 1.70 bits per heavy atom. The van der Waals surface area contributed by atoms with Crippen molar-refractivity contribution in [1.29, 1.82) is 0 Å². The second-order valence-corrected chi connectivity index (χ2v) is 9.46. The summed E-state index contributed by atoms with van der Waals surface area (Å²) >= 11 is 12.3. The molecular weight excluding hydrogens is 511 g/mol. The van der Waals surface area contributed by atoms with Crippen LogP contribution in [-0.2, 0) is 6.42 Å². The van der Waals surface area contributed by atoms with E-state index in [-0.39, 0.29) is 0 Å². The van der Waals surface area contributed by atoms with E-state index in [1.807, 2.05) is 42.5 Å². The SMILES string of the molecule is O=C(Oc1ccc(Cl)cc1)N1CCc2c([nH]c3ccc(Cl)cc23)[C@@H]1c1ccc(Oc2cnccn2)cc1. The molecule has 0 radical (unpaired) electrons. The quantitative estimate of drug-likeness (QED) is 0.265. The molecule has 1 amide bonds. The number of aromatic amines is 1. The van der Waals surface area contributed by atoms with Crippen molar-refractivity contribution in [2.75, 3.05) is 6.54 Å². The van der Waals surface area contributed by atoms with Gasteiger partial charge in [0, 0.05) is 45.6 Å². The van der Waals surface area contributed by atoms with E-state index in [2.05, 4.69) is 15.0 Å². The number of carbonyl (C=O) groups is 1. The van der Waals surface area contributed by atoms with Crippen LogP contribution < -0.4 is 9.47 Å². The van der Waals surface area contributed by atoms with Gasteiger partial charge in [0.2, 0.25) is 5.88 Å². The summed E-state index contributed by atoms with van der Waals surface area (Å²) in [6, 6.07) is 19.7. The van der Waals surface area contributed by atoms with Gasteiger partial charge in [0.25, 0.3) is 0 Å². The van der Waals surface area contributed by atoms with E-state index >= 15 is 0 Å². The van der Waals surface area contributed by atoms with Gasteiger partial charge in [0.15, 0.2) is 0 Å². The van der Waals surface area contributed by atoms with E-state index in [0.717, 1.165) is 27.7 Å². The van der Waals surface area contributed by atoms with E-state index < -0.39 is 12.1 Å². The Morgan fingerprint density at radius 1 is 0.946 bits per heavy atom. The van der Waals surface area contributed by atoms with Crippen LogP contribution in [0.3, 0.4) is 0 Å². The molecule has 1 atom stereocenters. The number of rotatable bonds is 4. The number of H-pyrrole nitrogens is 1. The lowest BCUT2D eigenvalue weighted by atomic mass is 9.92. The Morgan fingerprint density at radius 3 is 2.46 bits per heavy atom. The number of amides is 1. The van der Waals surface area contributed by atoms with E-state index in [4.69, 9.17) is 32.7 Å². The summed E-state index contributed by atoms with van der Waals surface area (Å²) in [7, 11) is 0. The van der Waals surface area contributed by atoms with Crippen LogP contribution in [0.4, 0.5) is 4.79 Å². The van der Waals surface area contributed by atoms with E-state index in [1.165, 1.54) is 0 Å². The fraction of sp³-hybridized carbons (Fsp3) is 0.107. The van der Waals surface area contributed by atoms with E-state index in [0.29, 0.717) is 40.4 Å². The maximum atomic E-state index is 13.4. The second-order valence-electron chi connectivity index (χ2n) is 8.59. The summed E-state index contributed by atoms with van der Waals surface area (Å²) in [6.07, 6.45) is 4.91. The van der Waals surface area contributed by atoms with Crippen LogP contribution in [-0.4, -0.2) is 32.5 Å². The summed E-state index contributed by atoms with van der Waals surface area (Å²) in [5, 5.41) is 2.29. The zero-order valence-electron chi connectivity index (χ0n) is 19.4. The van der Waals surface area contributed by atoms with Crippen LogP contribution >= 0.6 is 23.2 Å². The highest BCUT2D eigenvalue weighted by atomic mass is 35.5. The van der Waals surface area contributed by atoms with Crippen LogP contribution in [0.1, 0.15) is 22.9 Å². The number of benzene rings is 3. The second kappa shape index (κ2) is 9.76. The highest BCUT2D eigenvalue weighted by Crippen LogP contribution is 2.40. The standard InChI is InChI=1S/C28H20Cl2N4O3/c29-18-3-8-21(9-4-18)37-28(35)34-14-11-22-23-15-19(30)5-10-24(23)33-26(22)27(34)17-1-6-20(7-2-17)36-25-16-31-12-13-32-25/h1-10,12-13,15-16,27,33H,11,14H2/t27-/m0/s1. The molecule has 0 saturated heterocycles. The zero-order chi connectivity index (χ0) is 25.4. The maximum absolute atomic E-state index is 13.4. The molecule has 9 heteroatoms. The monoisotopic (exact) mass is 530 g/mol. The molecule has 1 N–H and O–H groups in total. The third-order valence-corrected chi connectivity index (χ3v) is 6.79. The smallest absolute Gasteiger partial charge is 0.416 e. The molecule has 6 rings (SSSR count). The van der Waals surface area contributed by atoms with Crippen molar-refractivity contribution in [3.05, 3.63) is 112 Å². The van der Waals surface area contributed by atoms with Crippen molar-refractivity contribution >= 4 is 40.2 Å². The minimum atomic E-state index is -0.449. The summed E-state index contributed by atoms with van der Waals surface area (Å²) in [4.78, 5) is 26.9. The number of ether oxygens (including phenoxy) is 2. The Balaban J connectivity index is 1.37. The number of hydrogen-bond acceptors (Lipinski definition) is 5. The number of halogens is 2. The van der Waals surface area contributed by atoms with Gasteiger partial charge in [0.1, 0.15) is 17.5 Å². The highest BCUT2D eigenvalue weighted by Gasteiger charge is 2.35. The van der Waals surface area contributed by atoms with Crippen molar-refractivity contribution in [2.24, 2.45) is 0 Å². The van der Waals surface area contributed by atoms with Gasteiger partial charge >= 0.3 is 6.09 Å². The molecule has 0 fully saturated rings. The fourth-order valence-electron chi connectivity index (χ4n) is 4.64. The summed E-state index contributed by atoms with van der Waals surface area (Å²) in [5.74, 6) is 1.44. The molecule has 3 heterocycles. The molecule has 1 aliphatic rings. The van der Waals surface area contributed by atoms with Crippen molar-refractivity contribution in [1.82, 2.24) is 19.9 Å². The molecule has 184 valence electrons. The van der Waals surface area contributed by atoms with Crippen molar-refractivity contribution in [3.63, 3.8) is 0 Å². The lowest BCUT2D eigenvalue weighted by Crippen LogP contribution is -2.42. The van der Waals surface area contributed by atoms with E-state index in [9.17, 15) is 4.79 Å². The van der Waals surface area contributed by atoms with Crippen LogP contribution in [0.5, 0.6) is 17.4 Å². The minimum Gasteiger partial charge on any atom is -0.438 e. The molecule has 0 saturated carbocycles.